The van der Waals surface area contributed by atoms with Gasteiger partial charge in [0.25, 0.3) is 5.91 Å². The highest BCUT2D eigenvalue weighted by atomic mass is 35.5. The van der Waals surface area contributed by atoms with Crippen molar-refractivity contribution >= 4 is 46.4 Å². The van der Waals surface area contributed by atoms with Crippen molar-refractivity contribution in [2.75, 3.05) is 20.2 Å². The summed E-state index contributed by atoms with van der Waals surface area (Å²) < 4.78 is 0. The van der Waals surface area contributed by atoms with Crippen LogP contribution in [0.15, 0.2) is 41.6 Å². The van der Waals surface area contributed by atoms with Gasteiger partial charge in [0, 0.05) is 23.0 Å². The Balaban J connectivity index is 2.28. The van der Waals surface area contributed by atoms with Gasteiger partial charge in [-0.15, -0.1) is 0 Å². The highest BCUT2D eigenvalue weighted by Gasteiger charge is 2.22. The Hall–Kier alpha value is -1.75. The van der Waals surface area contributed by atoms with E-state index in [1.165, 1.54) is 7.11 Å². The summed E-state index contributed by atoms with van der Waals surface area (Å²) in [6, 6.07) is 10.8. The number of aryl methyl sites for hydroxylation is 1. The van der Waals surface area contributed by atoms with Crippen molar-refractivity contribution in [3.05, 3.63) is 68.2 Å². The molecule has 0 spiro atoms. The first-order chi connectivity index (χ1) is 13.3. The van der Waals surface area contributed by atoms with E-state index in [1.54, 1.807) is 23.1 Å². The molecule has 0 aliphatic heterocycles. The van der Waals surface area contributed by atoms with E-state index in [-0.39, 0.29) is 11.8 Å². The standard InChI is InChI=1S/C21H23Cl3N2O2/c1-5-26(21(27)16-8-13(2)9-17(22)10-16)12-20(25-28-4)14(3)15-6-7-18(23)19(24)11-15/h6-11,14H,5,12H2,1-4H3/b25-20-. The molecule has 0 aliphatic carbocycles. The zero-order chi connectivity index (χ0) is 20.8. The summed E-state index contributed by atoms with van der Waals surface area (Å²) in [6.45, 7) is 6.64. The van der Waals surface area contributed by atoms with Crippen LogP contribution in [0, 0.1) is 6.92 Å². The molecule has 7 heteroatoms. The van der Waals surface area contributed by atoms with Gasteiger partial charge in [-0.3, -0.25) is 4.79 Å². The minimum atomic E-state index is -0.113. The predicted molar refractivity (Wildman–Crippen MR) is 117 cm³/mol. The number of benzene rings is 2. The number of carbonyl (C=O) groups is 1. The van der Waals surface area contributed by atoms with E-state index < -0.39 is 0 Å². The Kier molecular flexibility index (Phi) is 8.17. The van der Waals surface area contributed by atoms with Crippen LogP contribution in [0.1, 0.15) is 41.3 Å². The molecule has 28 heavy (non-hydrogen) atoms. The Labute approximate surface area is 181 Å². The topological polar surface area (TPSA) is 41.9 Å². The lowest BCUT2D eigenvalue weighted by molar-refractivity contribution is 0.0784. The molecule has 0 radical (unpaired) electrons. The van der Waals surface area contributed by atoms with Crippen LogP contribution in [0.25, 0.3) is 0 Å². The van der Waals surface area contributed by atoms with Gasteiger partial charge in [-0.25, -0.2) is 0 Å². The second-order valence-electron chi connectivity index (χ2n) is 6.50. The van der Waals surface area contributed by atoms with Crippen LogP contribution in [0.3, 0.4) is 0 Å². The smallest absolute Gasteiger partial charge is 0.254 e. The fourth-order valence-corrected chi connectivity index (χ4v) is 3.50. The van der Waals surface area contributed by atoms with Gasteiger partial charge >= 0.3 is 0 Å². The van der Waals surface area contributed by atoms with Gasteiger partial charge in [-0.2, -0.15) is 0 Å². The van der Waals surface area contributed by atoms with Crippen molar-refractivity contribution in [2.45, 2.75) is 26.7 Å². The number of hydrogen-bond acceptors (Lipinski definition) is 3. The van der Waals surface area contributed by atoms with E-state index in [0.717, 1.165) is 11.1 Å². The Morgan fingerprint density at radius 3 is 2.43 bits per heavy atom. The molecule has 0 aliphatic rings. The molecule has 0 aromatic heterocycles. The SMILES string of the molecule is CCN(C/C(=N/OC)C(C)c1ccc(Cl)c(Cl)c1)C(=O)c1cc(C)cc(Cl)c1. The molecule has 1 unspecified atom stereocenters. The highest BCUT2D eigenvalue weighted by molar-refractivity contribution is 6.42. The van der Waals surface area contributed by atoms with Crippen LogP contribution in [0.2, 0.25) is 15.1 Å². The number of amides is 1. The zero-order valence-corrected chi connectivity index (χ0v) is 18.6. The van der Waals surface area contributed by atoms with E-state index >= 15 is 0 Å². The summed E-state index contributed by atoms with van der Waals surface area (Å²) >= 11 is 18.3. The maximum atomic E-state index is 13.0. The molecule has 150 valence electrons. The van der Waals surface area contributed by atoms with Gasteiger partial charge in [0.2, 0.25) is 0 Å². The predicted octanol–water partition coefficient (Wildman–Crippen LogP) is 6.22. The number of nitrogens with zero attached hydrogens (tertiary/aromatic N) is 2. The first-order valence-electron chi connectivity index (χ1n) is 8.88. The minimum Gasteiger partial charge on any atom is -0.399 e. The quantitative estimate of drug-likeness (QED) is 0.378. The number of rotatable bonds is 7. The molecule has 2 aromatic carbocycles. The molecule has 1 amide bonds. The molecule has 0 saturated heterocycles. The number of carbonyl (C=O) groups excluding carboxylic acids is 1. The van der Waals surface area contributed by atoms with E-state index in [4.69, 9.17) is 39.6 Å². The van der Waals surface area contributed by atoms with Crippen molar-refractivity contribution < 1.29 is 9.63 Å². The van der Waals surface area contributed by atoms with Crippen LogP contribution in [0.4, 0.5) is 0 Å². The van der Waals surface area contributed by atoms with Gasteiger partial charge < -0.3 is 9.74 Å². The normalized spacial score (nSPS) is 12.6. The van der Waals surface area contributed by atoms with Crippen molar-refractivity contribution in [3.63, 3.8) is 0 Å². The highest BCUT2D eigenvalue weighted by Crippen LogP contribution is 2.27. The molecule has 4 nitrogen and oxygen atoms in total. The van der Waals surface area contributed by atoms with Gasteiger partial charge in [0.05, 0.1) is 22.3 Å². The third-order valence-corrected chi connectivity index (χ3v) is 5.42. The van der Waals surface area contributed by atoms with Crippen LogP contribution in [-0.4, -0.2) is 36.7 Å². The molecular formula is C21H23Cl3N2O2. The third-order valence-electron chi connectivity index (χ3n) is 4.46. The van der Waals surface area contributed by atoms with Gasteiger partial charge in [0.15, 0.2) is 0 Å². The lowest BCUT2D eigenvalue weighted by Gasteiger charge is -2.24. The average molecular weight is 442 g/mol. The molecule has 2 aromatic rings. The Bertz CT molecular complexity index is 864. The summed E-state index contributed by atoms with van der Waals surface area (Å²) in [5.74, 6) is -0.226. The second kappa shape index (κ2) is 10.1. The Morgan fingerprint density at radius 2 is 1.86 bits per heavy atom. The van der Waals surface area contributed by atoms with Gasteiger partial charge in [-0.1, -0.05) is 52.9 Å². The largest absolute Gasteiger partial charge is 0.399 e. The van der Waals surface area contributed by atoms with Crippen LogP contribution in [0.5, 0.6) is 0 Å². The molecule has 0 N–H and O–H groups in total. The molecule has 0 heterocycles. The minimum absolute atomic E-state index is 0.113. The van der Waals surface area contributed by atoms with Gasteiger partial charge in [0.1, 0.15) is 7.11 Å². The van der Waals surface area contributed by atoms with Crippen molar-refractivity contribution in [2.24, 2.45) is 5.16 Å². The number of hydrogen-bond donors (Lipinski definition) is 0. The molecule has 1 atom stereocenters. The van der Waals surface area contributed by atoms with Gasteiger partial charge in [-0.05, 0) is 55.3 Å². The van der Waals surface area contributed by atoms with Crippen molar-refractivity contribution in [1.29, 1.82) is 0 Å². The number of oxime groups is 1. The lowest BCUT2D eigenvalue weighted by atomic mass is 9.95. The monoisotopic (exact) mass is 440 g/mol. The fourth-order valence-electron chi connectivity index (χ4n) is 2.90. The van der Waals surface area contributed by atoms with Crippen molar-refractivity contribution in [3.8, 4) is 0 Å². The molecule has 0 saturated carbocycles. The zero-order valence-electron chi connectivity index (χ0n) is 16.3. The summed E-state index contributed by atoms with van der Waals surface area (Å²) in [7, 11) is 1.49. The molecule has 2 rings (SSSR count). The third kappa shape index (κ3) is 5.63. The van der Waals surface area contributed by atoms with E-state index in [0.29, 0.717) is 39.4 Å². The van der Waals surface area contributed by atoms with E-state index in [9.17, 15) is 4.79 Å². The maximum absolute atomic E-state index is 13.0. The van der Waals surface area contributed by atoms with Crippen LogP contribution in [-0.2, 0) is 4.84 Å². The van der Waals surface area contributed by atoms with Crippen LogP contribution < -0.4 is 0 Å². The molecule has 0 bridgehead atoms. The molecule has 0 fully saturated rings. The Morgan fingerprint density at radius 1 is 1.14 bits per heavy atom. The van der Waals surface area contributed by atoms with E-state index in [1.807, 2.05) is 39.0 Å². The summed E-state index contributed by atoms with van der Waals surface area (Å²) in [6.07, 6.45) is 0. The molecular weight excluding hydrogens is 419 g/mol. The summed E-state index contributed by atoms with van der Waals surface area (Å²) in [5, 5.41) is 5.67. The van der Waals surface area contributed by atoms with Crippen LogP contribution >= 0.6 is 34.8 Å². The van der Waals surface area contributed by atoms with E-state index in [2.05, 4.69) is 5.16 Å². The second-order valence-corrected chi connectivity index (χ2v) is 7.75. The average Bonchev–Trinajstić information content (AvgIpc) is 2.65. The first-order valence-corrected chi connectivity index (χ1v) is 10.0. The summed E-state index contributed by atoms with van der Waals surface area (Å²) in [4.78, 5) is 19.8. The van der Waals surface area contributed by atoms with Crippen molar-refractivity contribution in [1.82, 2.24) is 4.90 Å². The first kappa shape index (κ1) is 22.5. The fraction of sp³-hybridized carbons (Fsp3) is 0.333. The summed E-state index contributed by atoms with van der Waals surface area (Å²) in [5.41, 5.74) is 3.12. The maximum Gasteiger partial charge on any atom is 0.254 e. The lowest BCUT2D eigenvalue weighted by Crippen LogP contribution is -2.37. The number of halogens is 3.